The maximum Gasteiger partial charge on any atom is 0.494 e. The molecule has 26 heavy (non-hydrogen) atoms. The summed E-state index contributed by atoms with van der Waals surface area (Å²) in [5, 5.41) is 0. The second kappa shape index (κ2) is 7.15. The molecule has 0 saturated carbocycles. The van der Waals surface area contributed by atoms with Gasteiger partial charge >= 0.3 is 7.12 Å². The molecular formula is C20H33BN2O3. The minimum Gasteiger partial charge on any atom is -0.496 e. The molecule has 2 heterocycles. The van der Waals surface area contributed by atoms with Crippen molar-refractivity contribution < 1.29 is 14.0 Å². The van der Waals surface area contributed by atoms with E-state index < -0.39 is 0 Å². The number of hydrogen-bond donors (Lipinski definition) is 0. The highest BCUT2D eigenvalue weighted by molar-refractivity contribution is 6.62. The van der Waals surface area contributed by atoms with Crippen molar-refractivity contribution in [3.63, 3.8) is 0 Å². The summed E-state index contributed by atoms with van der Waals surface area (Å²) >= 11 is 0. The van der Waals surface area contributed by atoms with Crippen LogP contribution in [0, 0.1) is 0 Å². The summed E-state index contributed by atoms with van der Waals surface area (Å²) in [6.07, 6.45) is 0. The molecule has 2 fully saturated rings. The van der Waals surface area contributed by atoms with Crippen LogP contribution in [-0.4, -0.2) is 68.0 Å². The van der Waals surface area contributed by atoms with Crippen LogP contribution in [-0.2, 0) is 15.9 Å². The van der Waals surface area contributed by atoms with Gasteiger partial charge in [0.15, 0.2) is 0 Å². The van der Waals surface area contributed by atoms with Crippen LogP contribution in [0.3, 0.4) is 0 Å². The molecule has 1 aromatic carbocycles. The topological polar surface area (TPSA) is 34.2 Å². The highest BCUT2D eigenvalue weighted by atomic mass is 16.7. The average molecular weight is 360 g/mol. The van der Waals surface area contributed by atoms with Gasteiger partial charge in [-0.15, -0.1) is 0 Å². The molecule has 1 aromatic rings. The number of piperazine rings is 1. The van der Waals surface area contributed by atoms with E-state index in [9.17, 15) is 0 Å². The van der Waals surface area contributed by atoms with E-state index in [4.69, 9.17) is 14.0 Å². The lowest BCUT2D eigenvalue weighted by molar-refractivity contribution is 0.00578. The lowest BCUT2D eigenvalue weighted by Gasteiger charge is -2.37. The predicted octanol–water partition coefficient (Wildman–Crippen LogP) is 2.13. The molecule has 0 aromatic heterocycles. The Labute approximate surface area is 158 Å². The van der Waals surface area contributed by atoms with E-state index >= 15 is 0 Å². The number of methoxy groups -OCH3 is 1. The first-order valence-electron chi connectivity index (χ1n) is 9.58. The van der Waals surface area contributed by atoms with Gasteiger partial charge in [-0.1, -0.05) is 12.1 Å². The zero-order valence-electron chi connectivity index (χ0n) is 17.3. The monoisotopic (exact) mass is 360 g/mol. The van der Waals surface area contributed by atoms with Crippen LogP contribution in [0.25, 0.3) is 0 Å². The second-order valence-corrected chi connectivity index (χ2v) is 8.72. The molecule has 144 valence electrons. The Bertz CT molecular complexity index is 634. The van der Waals surface area contributed by atoms with Gasteiger partial charge in [-0.05, 0) is 53.2 Å². The molecule has 1 atom stereocenters. The van der Waals surface area contributed by atoms with Crippen molar-refractivity contribution in [2.75, 3.05) is 33.8 Å². The van der Waals surface area contributed by atoms with Crippen LogP contribution in [0.1, 0.15) is 40.2 Å². The van der Waals surface area contributed by atoms with Gasteiger partial charge in [0, 0.05) is 37.8 Å². The standard InChI is InChI=1S/C20H33BN2O3/c1-15-13-23(11-10-22(15)6)14-16-12-17(8-9-18(16)24-7)21-25-19(2,3)20(4,5)26-21/h8-9,12,15H,10-11,13-14H2,1-7H3. The van der Waals surface area contributed by atoms with Gasteiger partial charge in [0.05, 0.1) is 18.3 Å². The Morgan fingerprint density at radius 2 is 1.81 bits per heavy atom. The van der Waals surface area contributed by atoms with E-state index in [1.165, 1.54) is 5.56 Å². The normalized spacial score (nSPS) is 26.3. The summed E-state index contributed by atoms with van der Waals surface area (Å²) < 4.78 is 18.0. The van der Waals surface area contributed by atoms with Crippen molar-refractivity contribution >= 4 is 12.6 Å². The number of hydrogen-bond acceptors (Lipinski definition) is 5. The van der Waals surface area contributed by atoms with Crippen LogP contribution in [0.4, 0.5) is 0 Å². The molecular weight excluding hydrogens is 327 g/mol. The van der Waals surface area contributed by atoms with Gasteiger partial charge in [-0.25, -0.2) is 0 Å². The Hall–Kier alpha value is -1.08. The first kappa shape index (κ1) is 19.7. The second-order valence-electron chi connectivity index (χ2n) is 8.72. The SMILES string of the molecule is COc1ccc(B2OC(C)(C)C(C)(C)O2)cc1CN1CCN(C)C(C)C1. The highest BCUT2D eigenvalue weighted by Crippen LogP contribution is 2.36. The molecule has 2 aliphatic heterocycles. The summed E-state index contributed by atoms with van der Waals surface area (Å²) in [4.78, 5) is 4.91. The summed E-state index contributed by atoms with van der Waals surface area (Å²) in [5.41, 5.74) is 1.59. The average Bonchev–Trinajstić information content (AvgIpc) is 2.79. The maximum atomic E-state index is 6.22. The third kappa shape index (κ3) is 3.79. The molecule has 3 rings (SSSR count). The molecule has 6 heteroatoms. The summed E-state index contributed by atoms with van der Waals surface area (Å²) in [6, 6.07) is 6.84. The van der Waals surface area contributed by atoms with Crippen LogP contribution in [0.2, 0.25) is 0 Å². The molecule has 0 N–H and O–H groups in total. The van der Waals surface area contributed by atoms with Crippen LogP contribution >= 0.6 is 0 Å². The van der Waals surface area contributed by atoms with Crippen molar-refractivity contribution in [3.05, 3.63) is 23.8 Å². The van der Waals surface area contributed by atoms with Crippen molar-refractivity contribution in [2.45, 2.75) is 58.4 Å². The Morgan fingerprint density at radius 1 is 1.15 bits per heavy atom. The fraction of sp³-hybridized carbons (Fsp3) is 0.700. The van der Waals surface area contributed by atoms with E-state index in [0.717, 1.165) is 37.4 Å². The minimum absolute atomic E-state index is 0.329. The van der Waals surface area contributed by atoms with Crippen LogP contribution < -0.4 is 10.2 Å². The number of benzene rings is 1. The van der Waals surface area contributed by atoms with E-state index in [1.807, 2.05) is 6.07 Å². The fourth-order valence-electron chi connectivity index (χ4n) is 3.56. The van der Waals surface area contributed by atoms with Gasteiger partial charge in [0.25, 0.3) is 0 Å². The third-order valence-electron chi connectivity index (χ3n) is 6.27. The highest BCUT2D eigenvalue weighted by Gasteiger charge is 2.51. The first-order valence-corrected chi connectivity index (χ1v) is 9.58. The largest absolute Gasteiger partial charge is 0.496 e. The quantitative estimate of drug-likeness (QED) is 0.769. The van der Waals surface area contributed by atoms with Gasteiger partial charge in [-0.2, -0.15) is 0 Å². The van der Waals surface area contributed by atoms with Gasteiger partial charge in [-0.3, -0.25) is 4.90 Å². The molecule has 0 spiro atoms. The molecule has 0 radical (unpaired) electrons. The van der Waals surface area contributed by atoms with Crippen molar-refractivity contribution in [3.8, 4) is 5.75 Å². The number of nitrogens with zero attached hydrogens (tertiary/aromatic N) is 2. The van der Waals surface area contributed by atoms with Gasteiger partial charge < -0.3 is 18.9 Å². The number of likely N-dealkylation sites (N-methyl/N-ethyl adjacent to an activating group) is 1. The summed E-state index contributed by atoms with van der Waals surface area (Å²) in [5.74, 6) is 0.928. The van der Waals surface area contributed by atoms with E-state index in [0.29, 0.717) is 6.04 Å². The van der Waals surface area contributed by atoms with Crippen molar-refractivity contribution in [1.29, 1.82) is 0 Å². The maximum absolute atomic E-state index is 6.22. The van der Waals surface area contributed by atoms with Gasteiger partial charge in [0.2, 0.25) is 0 Å². The molecule has 2 aliphatic rings. The number of ether oxygens (including phenoxy) is 1. The summed E-state index contributed by atoms with van der Waals surface area (Å²) in [6.45, 7) is 14.8. The lowest BCUT2D eigenvalue weighted by atomic mass is 9.78. The Morgan fingerprint density at radius 3 is 2.38 bits per heavy atom. The first-order chi connectivity index (χ1) is 12.1. The number of rotatable bonds is 4. The van der Waals surface area contributed by atoms with Crippen LogP contribution in [0.5, 0.6) is 5.75 Å². The summed E-state index contributed by atoms with van der Waals surface area (Å²) in [7, 11) is 3.59. The Balaban J connectivity index is 1.79. The van der Waals surface area contributed by atoms with E-state index in [2.05, 4.69) is 63.6 Å². The molecule has 2 saturated heterocycles. The van der Waals surface area contributed by atoms with E-state index in [-0.39, 0.29) is 18.3 Å². The zero-order chi connectivity index (χ0) is 19.1. The zero-order valence-corrected chi connectivity index (χ0v) is 17.3. The molecule has 0 amide bonds. The smallest absolute Gasteiger partial charge is 0.494 e. The minimum atomic E-state index is -0.337. The molecule has 0 aliphatic carbocycles. The third-order valence-corrected chi connectivity index (χ3v) is 6.27. The molecule has 5 nitrogen and oxygen atoms in total. The van der Waals surface area contributed by atoms with Crippen LogP contribution in [0.15, 0.2) is 18.2 Å². The molecule has 1 unspecified atom stereocenters. The predicted molar refractivity (Wildman–Crippen MR) is 106 cm³/mol. The van der Waals surface area contributed by atoms with Crippen molar-refractivity contribution in [1.82, 2.24) is 9.80 Å². The lowest BCUT2D eigenvalue weighted by Crippen LogP contribution is -2.49. The molecule has 0 bridgehead atoms. The van der Waals surface area contributed by atoms with Gasteiger partial charge in [0.1, 0.15) is 5.75 Å². The Kier molecular flexibility index (Phi) is 5.41. The van der Waals surface area contributed by atoms with Crippen molar-refractivity contribution in [2.24, 2.45) is 0 Å². The van der Waals surface area contributed by atoms with E-state index in [1.54, 1.807) is 7.11 Å². The fourth-order valence-corrected chi connectivity index (χ4v) is 3.56.